The summed E-state index contributed by atoms with van der Waals surface area (Å²) in [6.07, 6.45) is 7.90. The third-order valence-corrected chi connectivity index (χ3v) is 9.71. The van der Waals surface area contributed by atoms with Crippen LogP contribution < -0.4 is 21.0 Å². The van der Waals surface area contributed by atoms with E-state index in [0.29, 0.717) is 0 Å². The maximum Gasteiger partial charge on any atom is 0.112 e. The summed E-state index contributed by atoms with van der Waals surface area (Å²) in [6.45, 7) is 3.26. The van der Waals surface area contributed by atoms with Crippen LogP contribution in [0.25, 0.3) is 0 Å². The number of unbranched alkanes of at least 4 members (excludes halogenated alkanes) is 4. The van der Waals surface area contributed by atoms with E-state index < -0.39 is 13.2 Å². The highest BCUT2D eigenvalue weighted by atomic mass is 31.2. The Kier molecular flexibility index (Phi) is 10.3. The molecule has 0 bridgehead atoms. The zero-order valence-electron chi connectivity index (χ0n) is 18.2. The molecular weight excluding hydrogens is 387 g/mol. The SMILES string of the molecule is CC(=O)[O-].CCCCCCC[P+](c1ccccc1)(c1ccccc1)c1ccccc1. The Balaban J connectivity index is 0.000000735. The Labute approximate surface area is 182 Å². The number of carbonyl (C=O) groups excluding carboxylic acids is 1. The van der Waals surface area contributed by atoms with E-state index in [9.17, 15) is 0 Å². The van der Waals surface area contributed by atoms with Gasteiger partial charge in [0.05, 0.1) is 6.16 Å². The summed E-state index contributed by atoms with van der Waals surface area (Å²) in [5, 5.41) is 13.4. The molecule has 0 unspecified atom stereocenters. The minimum absolute atomic E-state index is 0.972. The van der Waals surface area contributed by atoms with Gasteiger partial charge < -0.3 is 9.90 Å². The summed E-state index contributed by atoms with van der Waals surface area (Å²) in [7, 11) is -1.60. The summed E-state index contributed by atoms with van der Waals surface area (Å²) >= 11 is 0. The zero-order chi connectivity index (χ0) is 21.7. The third-order valence-electron chi connectivity index (χ3n) is 5.19. The van der Waals surface area contributed by atoms with Gasteiger partial charge in [0, 0.05) is 5.97 Å². The monoisotopic (exact) mass is 420 g/mol. The second-order valence-electron chi connectivity index (χ2n) is 7.45. The quantitative estimate of drug-likeness (QED) is 0.372. The first-order valence-corrected chi connectivity index (χ1v) is 12.8. The fourth-order valence-corrected chi connectivity index (χ4v) is 8.24. The van der Waals surface area contributed by atoms with Crippen LogP contribution in [0, 0.1) is 0 Å². The lowest BCUT2D eigenvalue weighted by atomic mass is 10.2. The van der Waals surface area contributed by atoms with Crippen LogP contribution in [0.15, 0.2) is 91.0 Å². The van der Waals surface area contributed by atoms with Crippen molar-refractivity contribution in [3.63, 3.8) is 0 Å². The van der Waals surface area contributed by atoms with E-state index >= 15 is 0 Å². The predicted molar refractivity (Wildman–Crippen MR) is 129 cm³/mol. The molecule has 3 heteroatoms. The second-order valence-corrected chi connectivity index (χ2v) is 11.1. The van der Waals surface area contributed by atoms with Gasteiger partial charge in [-0.15, -0.1) is 0 Å². The first kappa shape index (κ1) is 23.8. The van der Waals surface area contributed by atoms with Crippen molar-refractivity contribution < 1.29 is 9.90 Å². The fraction of sp³-hybridized carbons (Fsp3) is 0.296. The number of hydrogen-bond acceptors (Lipinski definition) is 2. The molecule has 0 radical (unpaired) electrons. The van der Waals surface area contributed by atoms with Crippen molar-refractivity contribution in [2.45, 2.75) is 46.0 Å². The van der Waals surface area contributed by atoms with E-state index in [4.69, 9.17) is 9.90 Å². The van der Waals surface area contributed by atoms with Gasteiger partial charge in [-0.25, -0.2) is 0 Å². The zero-order valence-corrected chi connectivity index (χ0v) is 19.1. The van der Waals surface area contributed by atoms with E-state index in [0.717, 1.165) is 6.92 Å². The van der Waals surface area contributed by atoms with E-state index in [2.05, 4.69) is 97.9 Å². The third kappa shape index (κ3) is 6.82. The number of hydrogen-bond donors (Lipinski definition) is 0. The lowest BCUT2D eigenvalue weighted by molar-refractivity contribution is -0.302. The van der Waals surface area contributed by atoms with Crippen LogP contribution in [-0.2, 0) is 4.79 Å². The molecule has 3 aromatic carbocycles. The van der Waals surface area contributed by atoms with Gasteiger partial charge in [-0.3, -0.25) is 0 Å². The van der Waals surface area contributed by atoms with Gasteiger partial charge in [-0.05, 0) is 56.2 Å². The van der Waals surface area contributed by atoms with Crippen LogP contribution in [0.3, 0.4) is 0 Å². The molecule has 158 valence electrons. The van der Waals surface area contributed by atoms with Crippen LogP contribution in [0.1, 0.15) is 46.0 Å². The van der Waals surface area contributed by atoms with E-state index in [1.165, 1.54) is 54.2 Å². The lowest BCUT2D eigenvalue weighted by Gasteiger charge is -2.27. The Bertz CT molecular complexity index is 747. The van der Waals surface area contributed by atoms with Gasteiger partial charge >= 0.3 is 0 Å². The standard InChI is InChI=1S/C25H30P.C2H4O2/c1-2-3-4-5-15-22-26(23-16-9-6-10-17-23,24-18-11-7-12-19-24)25-20-13-8-14-21-25;1-2(3)4/h6-14,16-21H,2-5,15,22H2,1H3;1H3,(H,3,4)/q+1;/p-1. The summed E-state index contributed by atoms with van der Waals surface area (Å²) in [5.74, 6) is -1.08. The maximum atomic E-state index is 8.89. The molecule has 0 saturated heterocycles. The topological polar surface area (TPSA) is 40.1 Å². The molecule has 0 N–H and O–H groups in total. The van der Waals surface area contributed by atoms with Crippen molar-refractivity contribution >= 4 is 29.1 Å². The molecule has 3 rings (SSSR count). The van der Waals surface area contributed by atoms with Crippen LogP contribution in [0.5, 0.6) is 0 Å². The molecule has 0 aliphatic heterocycles. The molecule has 0 amide bonds. The molecule has 2 nitrogen and oxygen atoms in total. The largest absolute Gasteiger partial charge is 0.550 e. The fourth-order valence-electron chi connectivity index (χ4n) is 3.83. The molecule has 0 fully saturated rings. The van der Waals surface area contributed by atoms with Crippen LogP contribution in [-0.4, -0.2) is 12.1 Å². The average Bonchev–Trinajstić information content (AvgIpc) is 2.78. The first-order chi connectivity index (χ1) is 14.6. The predicted octanol–water partition coefficient (Wildman–Crippen LogP) is 4.71. The molecule has 0 saturated carbocycles. The average molecular weight is 421 g/mol. The van der Waals surface area contributed by atoms with E-state index in [-0.39, 0.29) is 0 Å². The number of carbonyl (C=O) groups is 1. The Hall–Kier alpha value is -2.44. The summed E-state index contributed by atoms with van der Waals surface area (Å²) in [5.41, 5.74) is 0. The molecule has 0 aliphatic rings. The van der Waals surface area contributed by atoms with Gasteiger partial charge in [-0.1, -0.05) is 80.8 Å². The lowest BCUT2D eigenvalue weighted by Crippen LogP contribution is -2.33. The minimum Gasteiger partial charge on any atom is -0.550 e. The van der Waals surface area contributed by atoms with Crippen LogP contribution >= 0.6 is 7.26 Å². The molecule has 30 heavy (non-hydrogen) atoms. The Morgan fingerprint density at radius 1 is 0.667 bits per heavy atom. The van der Waals surface area contributed by atoms with Gasteiger partial charge in [0.2, 0.25) is 0 Å². The molecule has 0 aliphatic carbocycles. The number of benzene rings is 3. The normalized spacial score (nSPS) is 10.7. The Morgan fingerprint density at radius 2 is 1.00 bits per heavy atom. The van der Waals surface area contributed by atoms with Crippen LogP contribution in [0.2, 0.25) is 0 Å². The summed E-state index contributed by atoms with van der Waals surface area (Å²) in [6, 6.07) is 33.7. The molecule has 0 atom stereocenters. The smallest absolute Gasteiger partial charge is 0.112 e. The maximum absolute atomic E-state index is 8.89. The second kappa shape index (κ2) is 13.0. The van der Waals surface area contributed by atoms with Crippen molar-refractivity contribution in [2.75, 3.05) is 6.16 Å². The Morgan fingerprint density at radius 3 is 1.33 bits per heavy atom. The molecule has 0 aromatic heterocycles. The van der Waals surface area contributed by atoms with Crippen molar-refractivity contribution in [2.24, 2.45) is 0 Å². The summed E-state index contributed by atoms with van der Waals surface area (Å²) < 4.78 is 0. The summed E-state index contributed by atoms with van der Waals surface area (Å²) in [4.78, 5) is 8.89. The van der Waals surface area contributed by atoms with Crippen molar-refractivity contribution in [3.05, 3.63) is 91.0 Å². The highest BCUT2D eigenvalue weighted by Crippen LogP contribution is 2.55. The molecular formula is C27H33O2P. The highest BCUT2D eigenvalue weighted by Gasteiger charge is 2.44. The number of carboxylic acids is 1. The van der Waals surface area contributed by atoms with E-state index in [1.54, 1.807) is 0 Å². The van der Waals surface area contributed by atoms with Crippen molar-refractivity contribution in [1.29, 1.82) is 0 Å². The number of rotatable bonds is 9. The van der Waals surface area contributed by atoms with Crippen LogP contribution in [0.4, 0.5) is 0 Å². The van der Waals surface area contributed by atoms with Gasteiger partial charge in [-0.2, -0.15) is 0 Å². The molecule has 0 spiro atoms. The van der Waals surface area contributed by atoms with Crippen molar-refractivity contribution in [3.8, 4) is 0 Å². The molecule has 0 heterocycles. The molecule has 3 aromatic rings. The highest BCUT2D eigenvalue weighted by molar-refractivity contribution is 7.95. The number of aliphatic carboxylic acids is 1. The van der Waals surface area contributed by atoms with Gasteiger partial charge in [0.1, 0.15) is 23.2 Å². The first-order valence-electron chi connectivity index (χ1n) is 10.8. The number of carboxylic acid groups (broad SMARTS) is 1. The van der Waals surface area contributed by atoms with E-state index in [1.807, 2.05) is 0 Å². The minimum atomic E-state index is -1.60. The van der Waals surface area contributed by atoms with Gasteiger partial charge in [0.15, 0.2) is 0 Å². The van der Waals surface area contributed by atoms with Crippen molar-refractivity contribution in [1.82, 2.24) is 0 Å². The van der Waals surface area contributed by atoms with Gasteiger partial charge in [0.25, 0.3) is 0 Å².